The van der Waals surface area contributed by atoms with E-state index in [4.69, 9.17) is 0 Å². The molecule has 0 radical (unpaired) electrons. The molecule has 4 nitrogen and oxygen atoms in total. The van der Waals surface area contributed by atoms with Crippen molar-refractivity contribution in [3.63, 3.8) is 0 Å². The molecule has 1 saturated carbocycles. The molecule has 0 saturated heterocycles. The molecular weight excluding hydrogens is 234 g/mol. The summed E-state index contributed by atoms with van der Waals surface area (Å²) >= 11 is 3.41. The summed E-state index contributed by atoms with van der Waals surface area (Å²) in [5, 5.41) is 4.08. The third kappa shape index (κ3) is 1.24. The van der Waals surface area contributed by atoms with Crippen molar-refractivity contribution in [1.29, 1.82) is 0 Å². The topological polar surface area (TPSA) is 47.2 Å². The van der Waals surface area contributed by atoms with Crippen LogP contribution in [0, 0.1) is 0 Å². The number of hydrogen-bond acceptors (Lipinski definition) is 3. The second-order valence-electron chi connectivity index (χ2n) is 3.21. The van der Waals surface area contributed by atoms with Crippen LogP contribution in [0.3, 0.4) is 0 Å². The van der Waals surface area contributed by atoms with Gasteiger partial charge in [0.25, 0.3) is 0 Å². The summed E-state index contributed by atoms with van der Waals surface area (Å²) in [6.07, 6.45) is 5.19. The number of isocyanates is 1. The molecule has 1 aromatic heterocycles. The fraction of sp³-hybridized carbons (Fsp3) is 0.500. The van der Waals surface area contributed by atoms with Gasteiger partial charge >= 0.3 is 0 Å². The fourth-order valence-corrected chi connectivity index (χ4v) is 1.94. The summed E-state index contributed by atoms with van der Waals surface area (Å²) in [6.45, 7) is 0. The van der Waals surface area contributed by atoms with Crippen LogP contribution < -0.4 is 0 Å². The van der Waals surface area contributed by atoms with Crippen LogP contribution in [0.25, 0.3) is 0 Å². The van der Waals surface area contributed by atoms with Crippen LogP contribution in [-0.2, 0) is 17.4 Å². The monoisotopic (exact) mass is 241 g/mol. The summed E-state index contributed by atoms with van der Waals surface area (Å²) in [6, 6.07) is 0. The standard InChI is InChI=1S/C8H8BrN3O/c1-12-7(9)6(4-11-12)8(2-3-8)10-5-13/h4H,2-3H2,1H3. The van der Waals surface area contributed by atoms with Gasteiger partial charge in [-0.2, -0.15) is 10.1 Å². The minimum absolute atomic E-state index is 0.325. The van der Waals surface area contributed by atoms with E-state index in [0.717, 1.165) is 23.0 Å². The molecule has 0 bridgehead atoms. The third-order valence-electron chi connectivity index (χ3n) is 2.35. The van der Waals surface area contributed by atoms with E-state index in [1.165, 1.54) is 0 Å². The second kappa shape index (κ2) is 2.79. The first kappa shape index (κ1) is 8.66. The maximum atomic E-state index is 10.2. The highest BCUT2D eigenvalue weighted by Crippen LogP contribution is 2.51. The summed E-state index contributed by atoms with van der Waals surface area (Å²) < 4.78 is 2.61. The zero-order valence-electron chi connectivity index (χ0n) is 7.12. The normalized spacial score (nSPS) is 18.0. The van der Waals surface area contributed by atoms with E-state index in [0.29, 0.717) is 0 Å². The Labute approximate surface area is 83.8 Å². The molecule has 0 unspecified atom stereocenters. The molecule has 1 aliphatic rings. The van der Waals surface area contributed by atoms with Crippen LogP contribution in [0.15, 0.2) is 15.8 Å². The highest BCUT2D eigenvalue weighted by molar-refractivity contribution is 9.10. The first-order valence-corrected chi connectivity index (χ1v) is 4.76. The van der Waals surface area contributed by atoms with E-state index < -0.39 is 0 Å². The van der Waals surface area contributed by atoms with E-state index in [2.05, 4.69) is 26.0 Å². The molecule has 13 heavy (non-hydrogen) atoms. The van der Waals surface area contributed by atoms with Crippen molar-refractivity contribution in [3.8, 4) is 0 Å². The molecule has 1 aromatic rings. The minimum atomic E-state index is -0.325. The molecule has 0 N–H and O–H groups in total. The molecule has 0 spiro atoms. The Bertz CT molecular complexity index is 388. The van der Waals surface area contributed by atoms with E-state index in [1.54, 1.807) is 17.0 Å². The lowest BCUT2D eigenvalue weighted by molar-refractivity contribution is 0.556. The smallest absolute Gasteiger partial charge is 0.235 e. The maximum Gasteiger partial charge on any atom is 0.235 e. The number of nitrogens with zero attached hydrogens (tertiary/aromatic N) is 3. The van der Waals surface area contributed by atoms with Crippen LogP contribution in [0.5, 0.6) is 0 Å². The summed E-state index contributed by atoms with van der Waals surface area (Å²) in [7, 11) is 1.84. The molecule has 0 aromatic carbocycles. The molecule has 1 heterocycles. The summed E-state index contributed by atoms with van der Waals surface area (Å²) in [5.41, 5.74) is 0.660. The predicted octanol–water partition coefficient (Wildman–Crippen LogP) is 1.51. The minimum Gasteiger partial charge on any atom is -0.261 e. The third-order valence-corrected chi connectivity index (χ3v) is 3.29. The van der Waals surface area contributed by atoms with Gasteiger partial charge in [0, 0.05) is 12.6 Å². The van der Waals surface area contributed by atoms with Gasteiger partial charge in [0.1, 0.15) is 10.1 Å². The number of aromatic nitrogens is 2. The number of aryl methyl sites for hydroxylation is 1. The second-order valence-corrected chi connectivity index (χ2v) is 3.96. The Morgan fingerprint density at radius 2 is 2.46 bits per heavy atom. The molecule has 2 rings (SSSR count). The Kier molecular flexibility index (Phi) is 1.86. The van der Waals surface area contributed by atoms with Crippen LogP contribution in [-0.4, -0.2) is 15.9 Å². The molecular formula is C8H8BrN3O. The van der Waals surface area contributed by atoms with E-state index in [9.17, 15) is 4.79 Å². The summed E-state index contributed by atoms with van der Waals surface area (Å²) in [5.74, 6) is 0. The average Bonchev–Trinajstić information content (AvgIpc) is 2.79. The number of aliphatic imine (C=N–C) groups is 1. The Hall–Kier alpha value is -0.930. The van der Waals surface area contributed by atoms with Gasteiger partial charge in [0.05, 0.1) is 6.20 Å². The van der Waals surface area contributed by atoms with Crippen molar-refractivity contribution in [1.82, 2.24) is 9.78 Å². The number of rotatable bonds is 2. The molecule has 5 heteroatoms. The maximum absolute atomic E-state index is 10.2. The van der Waals surface area contributed by atoms with Crippen LogP contribution in [0.4, 0.5) is 0 Å². The van der Waals surface area contributed by atoms with Gasteiger partial charge in [0.15, 0.2) is 0 Å². The number of hydrogen-bond donors (Lipinski definition) is 0. The highest BCUT2D eigenvalue weighted by Gasteiger charge is 2.47. The van der Waals surface area contributed by atoms with Gasteiger partial charge in [0.2, 0.25) is 6.08 Å². The van der Waals surface area contributed by atoms with E-state index >= 15 is 0 Å². The summed E-state index contributed by atoms with van der Waals surface area (Å²) in [4.78, 5) is 14.0. The van der Waals surface area contributed by atoms with Crippen molar-refractivity contribution >= 4 is 22.0 Å². The molecule has 0 amide bonds. The lowest BCUT2D eigenvalue weighted by Crippen LogP contribution is -2.02. The van der Waals surface area contributed by atoms with Gasteiger partial charge in [-0.15, -0.1) is 0 Å². The van der Waals surface area contributed by atoms with Crippen molar-refractivity contribution in [2.45, 2.75) is 18.4 Å². The van der Waals surface area contributed by atoms with Crippen molar-refractivity contribution in [2.24, 2.45) is 12.0 Å². The van der Waals surface area contributed by atoms with Gasteiger partial charge < -0.3 is 0 Å². The SMILES string of the molecule is Cn1ncc(C2(N=C=O)CC2)c1Br. The first-order chi connectivity index (χ1) is 6.19. The average molecular weight is 242 g/mol. The molecule has 0 aliphatic heterocycles. The lowest BCUT2D eigenvalue weighted by Gasteiger charge is -2.04. The van der Waals surface area contributed by atoms with Crippen LogP contribution in [0.2, 0.25) is 0 Å². The van der Waals surface area contributed by atoms with E-state index in [1.807, 2.05) is 7.05 Å². The van der Waals surface area contributed by atoms with E-state index in [-0.39, 0.29) is 5.54 Å². The lowest BCUT2D eigenvalue weighted by atomic mass is 10.1. The quantitative estimate of drug-likeness (QED) is 0.582. The molecule has 0 atom stereocenters. The van der Waals surface area contributed by atoms with Gasteiger partial charge in [-0.25, -0.2) is 4.79 Å². The fourth-order valence-electron chi connectivity index (χ4n) is 1.38. The van der Waals surface area contributed by atoms with Crippen LogP contribution >= 0.6 is 15.9 Å². The van der Waals surface area contributed by atoms with Crippen molar-refractivity contribution in [2.75, 3.05) is 0 Å². The number of carbonyl (C=O) groups excluding carboxylic acids is 1. The Balaban J connectivity index is 2.46. The van der Waals surface area contributed by atoms with Gasteiger partial charge in [-0.1, -0.05) is 0 Å². The highest BCUT2D eigenvalue weighted by atomic mass is 79.9. The van der Waals surface area contributed by atoms with Gasteiger partial charge in [-0.3, -0.25) is 4.68 Å². The number of halogens is 1. The van der Waals surface area contributed by atoms with Crippen LogP contribution in [0.1, 0.15) is 18.4 Å². The first-order valence-electron chi connectivity index (χ1n) is 3.97. The Morgan fingerprint density at radius 3 is 2.85 bits per heavy atom. The molecule has 68 valence electrons. The predicted molar refractivity (Wildman–Crippen MR) is 49.9 cm³/mol. The Morgan fingerprint density at radius 1 is 1.77 bits per heavy atom. The zero-order valence-corrected chi connectivity index (χ0v) is 8.71. The van der Waals surface area contributed by atoms with Crippen molar-refractivity contribution < 1.29 is 4.79 Å². The van der Waals surface area contributed by atoms with Crippen molar-refractivity contribution in [3.05, 3.63) is 16.4 Å². The largest absolute Gasteiger partial charge is 0.261 e. The molecule has 1 fully saturated rings. The zero-order chi connectivity index (χ0) is 9.47. The van der Waals surface area contributed by atoms with Gasteiger partial charge in [-0.05, 0) is 28.8 Å². The molecule has 1 aliphatic carbocycles.